The van der Waals surface area contributed by atoms with E-state index in [9.17, 15) is 14.9 Å². The molecule has 0 amide bonds. The lowest BCUT2D eigenvalue weighted by molar-refractivity contribution is -0.384. The van der Waals surface area contributed by atoms with Gasteiger partial charge in [0, 0.05) is 12.1 Å². The highest BCUT2D eigenvalue weighted by Gasteiger charge is 2.17. The lowest BCUT2D eigenvalue weighted by Gasteiger charge is -2.08. The van der Waals surface area contributed by atoms with Crippen LogP contribution in [0.15, 0.2) is 47.6 Å². The van der Waals surface area contributed by atoms with Gasteiger partial charge in [0.2, 0.25) is 0 Å². The van der Waals surface area contributed by atoms with Gasteiger partial charge in [-0.15, -0.1) is 0 Å². The van der Waals surface area contributed by atoms with Crippen LogP contribution in [0.2, 0.25) is 0 Å². The molecule has 0 radical (unpaired) electrons. The summed E-state index contributed by atoms with van der Waals surface area (Å²) in [4.78, 5) is 22.3. The largest absolute Gasteiger partial charge is 0.497 e. The molecule has 0 spiro atoms. The number of rotatable bonds is 7. The van der Waals surface area contributed by atoms with Crippen LogP contribution >= 0.6 is 0 Å². The monoisotopic (exact) mass is 343 g/mol. The second kappa shape index (κ2) is 8.44. The molecule has 0 atom stereocenters. The molecule has 0 bridgehead atoms. The molecular weight excluding hydrogens is 326 g/mol. The van der Waals surface area contributed by atoms with Crippen LogP contribution in [-0.4, -0.2) is 30.8 Å². The summed E-state index contributed by atoms with van der Waals surface area (Å²) >= 11 is 0. The van der Waals surface area contributed by atoms with Crippen LogP contribution < -0.4 is 10.2 Å². The van der Waals surface area contributed by atoms with Crippen molar-refractivity contribution in [1.29, 1.82) is 0 Å². The van der Waals surface area contributed by atoms with E-state index in [4.69, 9.17) is 9.47 Å². The summed E-state index contributed by atoms with van der Waals surface area (Å²) in [6.45, 7) is 1.82. The molecule has 0 fully saturated rings. The SMILES string of the molecule is CCOC(=O)c1cc([N+](=O)[O-])ccc1N/N=C/c1ccc(OC)cc1. The molecule has 0 aliphatic heterocycles. The highest BCUT2D eigenvalue weighted by Crippen LogP contribution is 2.23. The van der Waals surface area contributed by atoms with Crippen LogP contribution in [0, 0.1) is 10.1 Å². The normalized spacial score (nSPS) is 10.5. The summed E-state index contributed by atoms with van der Waals surface area (Å²) in [5.74, 6) is 0.0680. The van der Waals surface area contributed by atoms with E-state index in [1.807, 2.05) is 12.1 Å². The summed E-state index contributed by atoms with van der Waals surface area (Å²) in [5, 5.41) is 14.9. The molecule has 0 unspecified atom stereocenters. The number of anilines is 1. The van der Waals surface area contributed by atoms with Gasteiger partial charge < -0.3 is 9.47 Å². The lowest BCUT2D eigenvalue weighted by atomic mass is 10.1. The first-order valence-corrected chi connectivity index (χ1v) is 7.44. The average Bonchev–Trinajstić information content (AvgIpc) is 2.62. The molecule has 0 aromatic heterocycles. The first-order chi connectivity index (χ1) is 12.0. The quantitative estimate of drug-likeness (QED) is 0.358. The number of hydrogen-bond donors (Lipinski definition) is 1. The molecule has 0 saturated carbocycles. The fourth-order valence-electron chi connectivity index (χ4n) is 1.99. The molecule has 8 heteroatoms. The third kappa shape index (κ3) is 4.77. The highest BCUT2D eigenvalue weighted by molar-refractivity contribution is 5.96. The average molecular weight is 343 g/mol. The number of carbonyl (C=O) groups is 1. The molecule has 25 heavy (non-hydrogen) atoms. The Balaban J connectivity index is 2.20. The van der Waals surface area contributed by atoms with E-state index in [1.54, 1.807) is 32.4 Å². The Bertz CT molecular complexity index is 787. The molecule has 0 saturated heterocycles. The van der Waals surface area contributed by atoms with Gasteiger partial charge in [-0.25, -0.2) is 4.79 Å². The maximum atomic E-state index is 12.0. The van der Waals surface area contributed by atoms with E-state index in [0.29, 0.717) is 5.69 Å². The van der Waals surface area contributed by atoms with Crippen LogP contribution in [0.4, 0.5) is 11.4 Å². The first kappa shape index (κ1) is 17.9. The molecule has 1 N–H and O–H groups in total. The Morgan fingerprint density at radius 1 is 1.28 bits per heavy atom. The van der Waals surface area contributed by atoms with E-state index in [0.717, 1.165) is 17.4 Å². The lowest BCUT2D eigenvalue weighted by Crippen LogP contribution is -2.08. The van der Waals surface area contributed by atoms with Crippen LogP contribution in [0.1, 0.15) is 22.8 Å². The predicted molar refractivity (Wildman–Crippen MR) is 93.3 cm³/mol. The number of nitrogens with one attached hydrogen (secondary N) is 1. The zero-order chi connectivity index (χ0) is 18.2. The van der Waals surface area contributed by atoms with Crippen LogP contribution in [0.3, 0.4) is 0 Å². The maximum Gasteiger partial charge on any atom is 0.340 e. The van der Waals surface area contributed by atoms with Crippen molar-refractivity contribution in [3.8, 4) is 5.75 Å². The van der Waals surface area contributed by atoms with Gasteiger partial charge in [0.05, 0.1) is 36.1 Å². The van der Waals surface area contributed by atoms with E-state index in [-0.39, 0.29) is 17.9 Å². The van der Waals surface area contributed by atoms with Crippen molar-refractivity contribution in [1.82, 2.24) is 0 Å². The van der Waals surface area contributed by atoms with Gasteiger partial charge >= 0.3 is 5.97 Å². The maximum absolute atomic E-state index is 12.0. The number of non-ortho nitro benzene ring substituents is 1. The van der Waals surface area contributed by atoms with Gasteiger partial charge in [-0.1, -0.05) is 0 Å². The topological polar surface area (TPSA) is 103 Å². The summed E-state index contributed by atoms with van der Waals surface area (Å²) in [6, 6.07) is 11.1. The van der Waals surface area contributed by atoms with Gasteiger partial charge in [-0.05, 0) is 42.8 Å². The zero-order valence-electron chi connectivity index (χ0n) is 13.8. The van der Waals surface area contributed by atoms with E-state index in [1.165, 1.54) is 12.1 Å². The number of ether oxygens (including phenoxy) is 2. The van der Waals surface area contributed by atoms with Crippen molar-refractivity contribution < 1.29 is 19.2 Å². The van der Waals surface area contributed by atoms with Crippen LogP contribution in [-0.2, 0) is 4.74 Å². The summed E-state index contributed by atoms with van der Waals surface area (Å²) in [6.07, 6.45) is 1.55. The zero-order valence-corrected chi connectivity index (χ0v) is 13.8. The van der Waals surface area contributed by atoms with Crippen LogP contribution in [0.5, 0.6) is 5.75 Å². The number of nitro groups is 1. The van der Waals surface area contributed by atoms with Crippen molar-refractivity contribution in [3.05, 3.63) is 63.7 Å². The summed E-state index contributed by atoms with van der Waals surface area (Å²) in [7, 11) is 1.58. The molecule has 0 aliphatic carbocycles. The minimum atomic E-state index is -0.659. The van der Waals surface area contributed by atoms with Crippen molar-refractivity contribution in [3.63, 3.8) is 0 Å². The number of nitrogens with zero attached hydrogens (tertiary/aromatic N) is 2. The van der Waals surface area contributed by atoms with E-state index < -0.39 is 10.9 Å². The smallest absolute Gasteiger partial charge is 0.340 e. The molecule has 2 rings (SSSR count). The Morgan fingerprint density at radius 3 is 2.60 bits per heavy atom. The second-order valence-electron chi connectivity index (χ2n) is 4.85. The molecule has 2 aromatic carbocycles. The third-order valence-electron chi connectivity index (χ3n) is 3.22. The number of hydrazone groups is 1. The van der Waals surface area contributed by atoms with Gasteiger partial charge in [0.15, 0.2) is 0 Å². The molecule has 0 heterocycles. The minimum Gasteiger partial charge on any atom is -0.497 e. The number of esters is 1. The van der Waals surface area contributed by atoms with Gasteiger partial charge in [-0.2, -0.15) is 5.10 Å². The third-order valence-corrected chi connectivity index (χ3v) is 3.22. The Labute approximate surface area is 144 Å². The predicted octanol–water partition coefficient (Wildman–Crippen LogP) is 3.23. The fourth-order valence-corrected chi connectivity index (χ4v) is 1.99. The molecular formula is C17H17N3O5. The molecule has 8 nitrogen and oxygen atoms in total. The first-order valence-electron chi connectivity index (χ1n) is 7.44. The Hall–Kier alpha value is -3.42. The van der Waals surface area contributed by atoms with Crippen molar-refractivity contribution >= 4 is 23.6 Å². The molecule has 2 aromatic rings. The Kier molecular flexibility index (Phi) is 6.05. The second-order valence-corrected chi connectivity index (χ2v) is 4.85. The standard InChI is InChI=1S/C17H17N3O5/c1-3-25-17(21)15-10-13(20(22)23)6-9-16(15)19-18-11-12-4-7-14(24-2)8-5-12/h4-11,19H,3H2,1-2H3/b18-11+. The molecule has 0 aliphatic rings. The summed E-state index contributed by atoms with van der Waals surface area (Å²) < 4.78 is 10.00. The summed E-state index contributed by atoms with van der Waals surface area (Å²) in [5.41, 5.74) is 3.68. The van der Waals surface area contributed by atoms with Crippen molar-refractivity contribution in [2.45, 2.75) is 6.92 Å². The van der Waals surface area contributed by atoms with E-state index >= 15 is 0 Å². The van der Waals surface area contributed by atoms with Gasteiger partial charge in [0.25, 0.3) is 5.69 Å². The van der Waals surface area contributed by atoms with Crippen molar-refractivity contribution in [2.24, 2.45) is 5.10 Å². The minimum absolute atomic E-state index is 0.0444. The number of nitro benzene ring substituents is 1. The van der Waals surface area contributed by atoms with Gasteiger partial charge in [-0.3, -0.25) is 15.5 Å². The van der Waals surface area contributed by atoms with Crippen LogP contribution in [0.25, 0.3) is 0 Å². The number of carbonyl (C=O) groups excluding carboxylic acids is 1. The fraction of sp³-hybridized carbons (Fsp3) is 0.176. The van der Waals surface area contributed by atoms with E-state index in [2.05, 4.69) is 10.5 Å². The number of methoxy groups -OCH3 is 1. The van der Waals surface area contributed by atoms with Gasteiger partial charge in [0.1, 0.15) is 5.75 Å². The molecule has 130 valence electrons. The highest BCUT2D eigenvalue weighted by atomic mass is 16.6. The van der Waals surface area contributed by atoms with Crippen molar-refractivity contribution in [2.75, 3.05) is 19.1 Å². The number of benzene rings is 2. The number of hydrogen-bond acceptors (Lipinski definition) is 7. The Morgan fingerprint density at radius 2 is 2.00 bits per heavy atom.